The number of hydrogen-bond donors (Lipinski definition) is 0. The van der Waals surface area contributed by atoms with Crippen LogP contribution in [0.4, 0.5) is 0 Å². The zero-order chi connectivity index (χ0) is 19.7. The van der Waals surface area contributed by atoms with Gasteiger partial charge in [0.2, 0.25) is 0 Å². The lowest BCUT2D eigenvalue weighted by atomic mass is 10.2. The minimum Gasteiger partial charge on any atom is -0.334 e. The molecule has 0 radical (unpaired) electrons. The van der Waals surface area contributed by atoms with Crippen LogP contribution < -0.4 is 0 Å². The standard InChI is InChI=1S/C20H21N3O3S2/c1-15-18(27-20(21-15)22-11-5-6-12-22)19(24)23-13-7-8-16(23)14-28(25,26)17-9-3-2-4-10-17/h2-6,9-12,16H,7-8,13-14H2,1H3. The van der Waals surface area contributed by atoms with Crippen molar-refractivity contribution < 1.29 is 13.2 Å². The molecule has 1 aliphatic rings. The molecular weight excluding hydrogens is 394 g/mol. The number of likely N-dealkylation sites (tertiary alicyclic amines) is 1. The van der Waals surface area contributed by atoms with Crippen molar-refractivity contribution in [1.82, 2.24) is 14.5 Å². The highest BCUT2D eigenvalue weighted by Crippen LogP contribution is 2.28. The number of aromatic nitrogens is 2. The minimum absolute atomic E-state index is 0.0505. The van der Waals surface area contributed by atoms with Gasteiger partial charge in [-0.25, -0.2) is 13.4 Å². The van der Waals surface area contributed by atoms with Gasteiger partial charge in [0.05, 0.1) is 16.3 Å². The van der Waals surface area contributed by atoms with E-state index in [4.69, 9.17) is 0 Å². The number of nitrogens with zero attached hydrogens (tertiary/aromatic N) is 3. The van der Waals surface area contributed by atoms with Gasteiger partial charge in [0, 0.05) is 25.0 Å². The van der Waals surface area contributed by atoms with Crippen LogP contribution in [0.15, 0.2) is 59.8 Å². The van der Waals surface area contributed by atoms with E-state index in [9.17, 15) is 13.2 Å². The number of amides is 1. The van der Waals surface area contributed by atoms with E-state index in [1.54, 1.807) is 35.2 Å². The lowest BCUT2D eigenvalue weighted by molar-refractivity contribution is 0.0753. The first kappa shape index (κ1) is 18.9. The summed E-state index contributed by atoms with van der Waals surface area (Å²) in [6.07, 6.45) is 5.28. The molecule has 0 aliphatic carbocycles. The molecule has 0 bridgehead atoms. The van der Waals surface area contributed by atoms with Crippen LogP contribution in [0, 0.1) is 6.92 Å². The number of carbonyl (C=O) groups excluding carboxylic acids is 1. The Balaban J connectivity index is 1.56. The van der Waals surface area contributed by atoms with Gasteiger partial charge in [-0.15, -0.1) is 0 Å². The second kappa shape index (κ2) is 7.52. The molecule has 6 nitrogen and oxygen atoms in total. The molecule has 1 unspecified atom stereocenters. The number of aryl methyl sites for hydroxylation is 1. The monoisotopic (exact) mass is 415 g/mol. The fourth-order valence-electron chi connectivity index (χ4n) is 3.54. The average molecular weight is 416 g/mol. The smallest absolute Gasteiger partial charge is 0.266 e. The second-order valence-corrected chi connectivity index (χ2v) is 9.90. The fraction of sp³-hybridized carbons (Fsp3) is 0.300. The lowest BCUT2D eigenvalue weighted by Crippen LogP contribution is -2.39. The molecule has 1 aromatic carbocycles. The summed E-state index contributed by atoms with van der Waals surface area (Å²) in [6.45, 7) is 2.40. The summed E-state index contributed by atoms with van der Waals surface area (Å²) in [6, 6.07) is 11.9. The zero-order valence-electron chi connectivity index (χ0n) is 15.5. The molecule has 1 fully saturated rings. The zero-order valence-corrected chi connectivity index (χ0v) is 17.1. The Kier molecular flexibility index (Phi) is 5.07. The Morgan fingerprint density at radius 3 is 2.61 bits per heavy atom. The van der Waals surface area contributed by atoms with Crippen LogP contribution in [0.1, 0.15) is 28.2 Å². The maximum Gasteiger partial charge on any atom is 0.266 e. The van der Waals surface area contributed by atoms with Crippen molar-refractivity contribution in [3.05, 3.63) is 65.4 Å². The van der Waals surface area contributed by atoms with Crippen molar-refractivity contribution >= 4 is 27.1 Å². The van der Waals surface area contributed by atoms with Crippen molar-refractivity contribution in [2.75, 3.05) is 12.3 Å². The molecule has 1 saturated heterocycles. The van der Waals surface area contributed by atoms with Gasteiger partial charge < -0.3 is 9.47 Å². The first-order valence-corrected chi connectivity index (χ1v) is 11.6. The van der Waals surface area contributed by atoms with Crippen molar-refractivity contribution in [1.29, 1.82) is 0 Å². The normalized spacial score (nSPS) is 17.2. The third-order valence-corrected chi connectivity index (χ3v) is 7.93. The highest BCUT2D eigenvalue weighted by molar-refractivity contribution is 7.91. The lowest BCUT2D eigenvalue weighted by Gasteiger charge is -2.24. The highest BCUT2D eigenvalue weighted by Gasteiger charge is 2.35. The van der Waals surface area contributed by atoms with E-state index in [1.807, 2.05) is 36.0 Å². The van der Waals surface area contributed by atoms with Gasteiger partial charge >= 0.3 is 0 Å². The van der Waals surface area contributed by atoms with Gasteiger partial charge in [-0.3, -0.25) is 4.79 Å². The summed E-state index contributed by atoms with van der Waals surface area (Å²) < 4.78 is 27.4. The van der Waals surface area contributed by atoms with Crippen LogP contribution >= 0.6 is 11.3 Å². The first-order chi connectivity index (χ1) is 13.5. The van der Waals surface area contributed by atoms with Crippen molar-refractivity contribution in [3.63, 3.8) is 0 Å². The topological polar surface area (TPSA) is 72.3 Å². The Labute approximate surface area is 168 Å². The summed E-state index contributed by atoms with van der Waals surface area (Å²) in [5.74, 6) is -0.176. The van der Waals surface area contributed by atoms with E-state index in [1.165, 1.54) is 11.3 Å². The van der Waals surface area contributed by atoms with Crippen molar-refractivity contribution in [3.8, 4) is 5.13 Å². The van der Waals surface area contributed by atoms with Crippen LogP contribution in [0.3, 0.4) is 0 Å². The third-order valence-electron chi connectivity index (χ3n) is 4.96. The predicted octanol–water partition coefficient (Wildman–Crippen LogP) is 3.32. The van der Waals surface area contributed by atoms with E-state index >= 15 is 0 Å². The molecule has 1 atom stereocenters. The minimum atomic E-state index is -3.44. The number of rotatable bonds is 5. The summed E-state index contributed by atoms with van der Waals surface area (Å²) >= 11 is 1.34. The number of carbonyl (C=O) groups is 1. The molecule has 0 spiro atoms. The van der Waals surface area contributed by atoms with E-state index in [0.717, 1.165) is 11.6 Å². The SMILES string of the molecule is Cc1nc(-n2cccc2)sc1C(=O)N1CCCC1CS(=O)(=O)c1ccccc1. The Bertz CT molecular complexity index is 1070. The van der Waals surface area contributed by atoms with Crippen LogP contribution in [0.2, 0.25) is 0 Å². The van der Waals surface area contributed by atoms with Gasteiger partial charge in [-0.1, -0.05) is 29.5 Å². The molecule has 1 amide bonds. The second-order valence-electron chi connectivity index (χ2n) is 6.89. The first-order valence-electron chi connectivity index (χ1n) is 9.15. The van der Waals surface area contributed by atoms with E-state index in [0.29, 0.717) is 28.4 Å². The molecule has 4 rings (SSSR count). The molecular formula is C20H21N3O3S2. The number of sulfone groups is 1. The molecule has 2 aromatic heterocycles. The Morgan fingerprint density at radius 1 is 1.18 bits per heavy atom. The van der Waals surface area contributed by atoms with Gasteiger partial charge in [-0.05, 0) is 44.0 Å². The van der Waals surface area contributed by atoms with Crippen LogP contribution in [0.25, 0.3) is 5.13 Å². The summed E-state index contributed by atoms with van der Waals surface area (Å²) in [7, 11) is -3.44. The van der Waals surface area contributed by atoms with Crippen LogP contribution in [0.5, 0.6) is 0 Å². The molecule has 146 valence electrons. The number of thiazole rings is 1. The Hall–Kier alpha value is -2.45. The van der Waals surface area contributed by atoms with Gasteiger partial charge in [0.25, 0.3) is 5.91 Å². The molecule has 0 saturated carbocycles. The van der Waals surface area contributed by atoms with E-state index in [-0.39, 0.29) is 17.7 Å². The Morgan fingerprint density at radius 2 is 1.89 bits per heavy atom. The molecule has 8 heteroatoms. The van der Waals surface area contributed by atoms with Crippen molar-refractivity contribution in [2.45, 2.75) is 30.7 Å². The molecule has 3 aromatic rings. The largest absolute Gasteiger partial charge is 0.334 e. The van der Waals surface area contributed by atoms with Crippen molar-refractivity contribution in [2.24, 2.45) is 0 Å². The third kappa shape index (κ3) is 3.62. The van der Waals surface area contributed by atoms with Crippen LogP contribution in [-0.4, -0.2) is 47.1 Å². The predicted molar refractivity (Wildman–Crippen MR) is 109 cm³/mol. The molecule has 1 aliphatic heterocycles. The quantitative estimate of drug-likeness (QED) is 0.641. The van der Waals surface area contributed by atoms with Gasteiger partial charge in [0.15, 0.2) is 15.0 Å². The van der Waals surface area contributed by atoms with E-state index in [2.05, 4.69) is 4.98 Å². The highest BCUT2D eigenvalue weighted by atomic mass is 32.2. The fourth-order valence-corrected chi connectivity index (χ4v) is 6.14. The average Bonchev–Trinajstić information content (AvgIpc) is 3.42. The van der Waals surface area contributed by atoms with E-state index < -0.39 is 9.84 Å². The maximum atomic E-state index is 13.2. The maximum absolute atomic E-state index is 13.2. The van der Waals surface area contributed by atoms with Gasteiger partial charge in [0.1, 0.15) is 4.88 Å². The summed E-state index contributed by atoms with van der Waals surface area (Å²) in [5.41, 5.74) is 0.676. The molecule has 0 N–H and O–H groups in total. The molecule has 28 heavy (non-hydrogen) atoms. The number of benzene rings is 1. The number of hydrogen-bond acceptors (Lipinski definition) is 5. The summed E-state index contributed by atoms with van der Waals surface area (Å²) in [5, 5.41) is 0.735. The molecule has 3 heterocycles. The van der Waals surface area contributed by atoms with Gasteiger partial charge in [-0.2, -0.15) is 0 Å². The van der Waals surface area contributed by atoms with Crippen LogP contribution in [-0.2, 0) is 9.84 Å². The summed E-state index contributed by atoms with van der Waals surface area (Å²) in [4.78, 5) is 20.3.